The van der Waals surface area contributed by atoms with E-state index in [1.165, 1.54) is 13.2 Å². The number of carbonyl (C=O) groups is 1. The van der Waals surface area contributed by atoms with Crippen molar-refractivity contribution in [3.05, 3.63) is 27.7 Å². The molecule has 0 aliphatic rings. The minimum absolute atomic E-state index is 0.0353. The van der Waals surface area contributed by atoms with E-state index in [0.29, 0.717) is 10.0 Å². The molecule has 5 heteroatoms. The predicted molar refractivity (Wildman–Crippen MR) is 56.2 cm³/mol. The Bertz CT molecular complexity index is 437. The molecular formula is C10H8BrNO3. The average Bonchev–Trinajstić information content (AvgIpc) is 2.17. The van der Waals surface area contributed by atoms with Gasteiger partial charge in [0.1, 0.15) is 11.8 Å². The Morgan fingerprint density at radius 3 is 2.87 bits per heavy atom. The van der Waals surface area contributed by atoms with E-state index in [9.17, 15) is 9.90 Å². The van der Waals surface area contributed by atoms with Crippen LogP contribution in [0.2, 0.25) is 0 Å². The van der Waals surface area contributed by atoms with Crippen LogP contribution in [0.5, 0.6) is 5.75 Å². The Kier molecular flexibility index (Phi) is 3.69. The molecule has 0 bridgehead atoms. The van der Waals surface area contributed by atoms with Gasteiger partial charge in [0.2, 0.25) is 0 Å². The summed E-state index contributed by atoms with van der Waals surface area (Å²) in [5.74, 6) is -0.602. The number of esters is 1. The van der Waals surface area contributed by atoms with Gasteiger partial charge in [-0.25, -0.2) is 0 Å². The number of methoxy groups -OCH3 is 1. The summed E-state index contributed by atoms with van der Waals surface area (Å²) in [5.41, 5.74) is 0.542. The number of phenolic OH excluding ortho intramolecular Hbond substituents is 1. The quantitative estimate of drug-likeness (QED) is 0.831. The normalized spacial score (nSPS) is 9.40. The highest BCUT2D eigenvalue weighted by Crippen LogP contribution is 2.26. The van der Waals surface area contributed by atoms with E-state index in [4.69, 9.17) is 5.26 Å². The minimum atomic E-state index is -0.455. The predicted octanol–water partition coefficient (Wildman–Crippen LogP) is 1.74. The molecule has 0 unspecified atom stereocenters. The van der Waals surface area contributed by atoms with Crippen LogP contribution >= 0.6 is 15.9 Å². The number of rotatable bonds is 2. The van der Waals surface area contributed by atoms with Crippen molar-refractivity contribution < 1.29 is 14.6 Å². The number of phenols is 1. The summed E-state index contributed by atoms with van der Waals surface area (Å²) < 4.78 is 5.10. The van der Waals surface area contributed by atoms with Crippen LogP contribution in [0, 0.1) is 11.3 Å². The van der Waals surface area contributed by atoms with Crippen molar-refractivity contribution in [2.45, 2.75) is 6.42 Å². The van der Waals surface area contributed by atoms with Gasteiger partial charge in [-0.1, -0.05) is 15.9 Å². The molecule has 0 aliphatic heterocycles. The number of hydrogen-bond acceptors (Lipinski definition) is 4. The fourth-order valence-corrected chi connectivity index (χ4v) is 1.64. The molecule has 0 radical (unpaired) electrons. The summed E-state index contributed by atoms with van der Waals surface area (Å²) in [4.78, 5) is 11.0. The number of carbonyl (C=O) groups excluding carboxylic acids is 1. The number of benzene rings is 1. The highest BCUT2D eigenvalue weighted by Gasteiger charge is 2.12. The molecule has 1 rings (SSSR count). The van der Waals surface area contributed by atoms with Gasteiger partial charge in [-0.05, 0) is 17.7 Å². The minimum Gasteiger partial charge on any atom is -0.507 e. The Balaban J connectivity index is 3.16. The maximum Gasteiger partial charge on any atom is 0.310 e. The molecule has 1 aromatic rings. The van der Waals surface area contributed by atoms with Crippen molar-refractivity contribution in [3.63, 3.8) is 0 Å². The first-order valence-corrected chi connectivity index (χ1v) is 4.86. The number of halogens is 1. The van der Waals surface area contributed by atoms with Gasteiger partial charge in [0.25, 0.3) is 0 Å². The van der Waals surface area contributed by atoms with Crippen LogP contribution in [0.4, 0.5) is 0 Å². The van der Waals surface area contributed by atoms with Gasteiger partial charge in [0.15, 0.2) is 0 Å². The Labute approximate surface area is 95.2 Å². The molecule has 78 valence electrons. The molecule has 0 amide bonds. The third-order valence-corrected chi connectivity index (χ3v) is 2.30. The number of aromatic hydroxyl groups is 1. The maximum atomic E-state index is 11.0. The van der Waals surface area contributed by atoms with Crippen LogP contribution in [0.3, 0.4) is 0 Å². The fraction of sp³-hybridized carbons (Fsp3) is 0.200. The lowest BCUT2D eigenvalue weighted by molar-refractivity contribution is -0.139. The van der Waals surface area contributed by atoms with Gasteiger partial charge in [0, 0.05) is 4.47 Å². The smallest absolute Gasteiger partial charge is 0.310 e. The van der Waals surface area contributed by atoms with Crippen molar-refractivity contribution in [1.29, 1.82) is 5.26 Å². The lowest BCUT2D eigenvalue weighted by Crippen LogP contribution is -2.06. The maximum absolute atomic E-state index is 11.0. The summed E-state index contributed by atoms with van der Waals surface area (Å²) in [6, 6.07) is 4.85. The summed E-state index contributed by atoms with van der Waals surface area (Å²) in [6.07, 6.45) is -0.0353. The second-order valence-electron chi connectivity index (χ2n) is 2.82. The third kappa shape index (κ3) is 2.70. The second kappa shape index (κ2) is 4.80. The van der Waals surface area contributed by atoms with Crippen LogP contribution in [0.1, 0.15) is 11.1 Å². The number of nitrogens with zero attached hydrogens (tertiary/aromatic N) is 1. The SMILES string of the molecule is COC(=O)Cc1cc(Br)cc(O)c1C#N. The van der Waals surface area contributed by atoms with E-state index in [0.717, 1.165) is 0 Å². The average molecular weight is 270 g/mol. The molecule has 0 saturated heterocycles. The molecule has 0 aliphatic carbocycles. The largest absolute Gasteiger partial charge is 0.507 e. The Hall–Kier alpha value is -1.54. The molecule has 0 spiro atoms. The van der Waals surface area contributed by atoms with Crippen molar-refractivity contribution in [3.8, 4) is 11.8 Å². The molecule has 0 aromatic heterocycles. The number of ether oxygens (including phenoxy) is 1. The van der Waals surface area contributed by atoms with Crippen molar-refractivity contribution >= 4 is 21.9 Å². The zero-order valence-corrected chi connectivity index (χ0v) is 9.54. The van der Waals surface area contributed by atoms with E-state index >= 15 is 0 Å². The fourth-order valence-electron chi connectivity index (χ4n) is 1.14. The molecular weight excluding hydrogens is 262 g/mol. The number of nitriles is 1. The molecule has 1 aromatic carbocycles. The Morgan fingerprint density at radius 1 is 1.67 bits per heavy atom. The van der Waals surface area contributed by atoms with Gasteiger partial charge >= 0.3 is 5.97 Å². The van der Waals surface area contributed by atoms with E-state index in [1.54, 1.807) is 6.07 Å². The van der Waals surface area contributed by atoms with Crippen LogP contribution in [-0.2, 0) is 16.0 Å². The summed E-state index contributed by atoms with van der Waals surface area (Å²) >= 11 is 3.17. The van der Waals surface area contributed by atoms with Crippen molar-refractivity contribution in [2.75, 3.05) is 7.11 Å². The first kappa shape index (κ1) is 11.5. The highest BCUT2D eigenvalue weighted by molar-refractivity contribution is 9.10. The van der Waals surface area contributed by atoms with Crippen LogP contribution in [0.25, 0.3) is 0 Å². The van der Waals surface area contributed by atoms with Gasteiger partial charge in [-0.15, -0.1) is 0 Å². The second-order valence-corrected chi connectivity index (χ2v) is 3.74. The number of hydrogen-bond donors (Lipinski definition) is 1. The third-order valence-electron chi connectivity index (χ3n) is 1.84. The summed E-state index contributed by atoms with van der Waals surface area (Å²) in [5, 5.41) is 18.3. The van der Waals surface area contributed by atoms with Crippen LogP contribution < -0.4 is 0 Å². The summed E-state index contributed by atoms with van der Waals surface area (Å²) in [7, 11) is 1.27. The molecule has 0 heterocycles. The topological polar surface area (TPSA) is 70.3 Å². The van der Waals surface area contributed by atoms with E-state index in [-0.39, 0.29) is 17.7 Å². The zero-order chi connectivity index (χ0) is 11.4. The zero-order valence-electron chi connectivity index (χ0n) is 7.95. The van der Waals surface area contributed by atoms with Gasteiger partial charge < -0.3 is 9.84 Å². The molecule has 0 atom stereocenters. The summed E-state index contributed by atoms with van der Waals surface area (Å²) in [6.45, 7) is 0. The molecule has 15 heavy (non-hydrogen) atoms. The van der Waals surface area contributed by atoms with Crippen LogP contribution in [-0.4, -0.2) is 18.2 Å². The van der Waals surface area contributed by atoms with Gasteiger partial charge in [0.05, 0.1) is 19.1 Å². The van der Waals surface area contributed by atoms with E-state index in [2.05, 4.69) is 20.7 Å². The standard InChI is InChI=1S/C10H8BrNO3/c1-15-10(14)3-6-2-7(11)4-9(13)8(6)5-12/h2,4,13H,3H2,1H3. The van der Waals surface area contributed by atoms with Crippen LogP contribution in [0.15, 0.2) is 16.6 Å². The highest BCUT2D eigenvalue weighted by atomic mass is 79.9. The molecule has 4 nitrogen and oxygen atoms in total. The monoisotopic (exact) mass is 269 g/mol. The first-order chi connectivity index (χ1) is 7.08. The molecule has 1 N–H and O–H groups in total. The molecule has 0 saturated carbocycles. The molecule has 0 fully saturated rings. The lowest BCUT2D eigenvalue weighted by Gasteiger charge is -2.05. The van der Waals surface area contributed by atoms with Gasteiger partial charge in [-0.3, -0.25) is 4.79 Å². The first-order valence-electron chi connectivity index (χ1n) is 4.06. The van der Waals surface area contributed by atoms with E-state index < -0.39 is 5.97 Å². The van der Waals surface area contributed by atoms with Gasteiger partial charge in [-0.2, -0.15) is 5.26 Å². The van der Waals surface area contributed by atoms with Crippen molar-refractivity contribution in [1.82, 2.24) is 0 Å². The van der Waals surface area contributed by atoms with Crippen molar-refractivity contribution in [2.24, 2.45) is 0 Å². The van der Waals surface area contributed by atoms with E-state index in [1.807, 2.05) is 6.07 Å². The lowest BCUT2D eigenvalue weighted by atomic mass is 10.0. The Morgan fingerprint density at radius 2 is 2.33 bits per heavy atom.